The van der Waals surface area contributed by atoms with E-state index in [0.29, 0.717) is 23.9 Å². The van der Waals surface area contributed by atoms with E-state index in [1.165, 1.54) is 0 Å². The predicted octanol–water partition coefficient (Wildman–Crippen LogP) is 19.5. The van der Waals surface area contributed by atoms with Gasteiger partial charge in [-0.05, 0) is 141 Å². The largest absolute Gasteiger partial charge is 0.756 e. The maximum absolute atomic E-state index is 12.8. The van der Waals surface area contributed by atoms with Crippen LogP contribution in [0.1, 0.15) is 194 Å². The number of rotatable bonds is 54. The summed E-state index contributed by atoms with van der Waals surface area (Å²) in [7, 11) is 1.10. The number of unbranched alkanes of at least 4 members (excludes halogenated alkanes) is 8. The Morgan fingerprint density at radius 1 is 0.378 bits per heavy atom. The molecule has 0 aliphatic rings. The average Bonchev–Trinajstić information content (AvgIpc) is 3.46. The molecule has 0 aliphatic carbocycles. The molecule has 0 amide bonds. The number of allylic oxidation sites excluding steroid dienone is 32. The van der Waals surface area contributed by atoms with E-state index in [4.69, 9.17) is 18.5 Å². The molecule has 9 nitrogen and oxygen atoms in total. The number of quaternary nitrogens is 1. The zero-order valence-electron chi connectivity index (χ0n) is 51.8. The maximum atomic E-state index is 12.8. The topological polar surface area (TPSA) is 111 Å². The maximum Gasteiger partial charge on any atom is 0.306 e. The summed E-state index contributed by atoms with van der Waals surface area (Å²) in [5, 5.41) is 0. The molecule has 0 N–H and O–H groups in total. The van der Waals surface area contributed by atoms with Gasteiger partial charge in [0.05, 0.1) is 27.7 Å². The van der Waals surface area contributed by atoms with Crippen molar-refractivity contribution in [1.29, 1.82) is 0 Å². The molecule has 0 bridgehead atoms. The minimum absolute atomic E-state index is 0.0532. The zero-order valence-corrected chi connectivity index (χ0v) is 52.7. The summed E-state index contributed by atoms with van der Waals surface area (Å²) < 4.78 is 34.1. The lowest BCUT2D eigenvalue weighted by atomic mass is 10.1. The highest BCUT2D eigenvalue weighted by Crippen LogP contribution is 2.38. The summed E-state index contributed by atoms with van der Waals surface area (Å²) in [4.78, 5) is 37.9. The van der Waals surface area contributed by atoms with E-state index in [0.717, 1.165) is 154 Å². The summed E-state index contributed by atoms with van der Waals surface area (Å²) in [5.41, 5.74) is 0. The SMILES string of the molecule is CC/C=C\C/C=C\C/C=C\C/C=C\C/C=C\C/C=C\C/C=C\C/C=C\C/C=C\C/C=C\CCCCCCCCC(=O)OC(COC(=O)CCCC/C=C\C/C=C\C/C=C\C/C=C\C/C=C\C/C=C\CC)COP(=O)([O-])OCC[N+](C)(C)C. The molecule has 0 heterocycles. The molecular formula is C72H112NO8P. The minimum atomic E-state index is -4.67. The molecule has 0 saturated heterocycles. The van der Waals surface area contributed by atoms with Crippen LogP contribution in [0.4, 0.5) is 0 Å². The first-order chi connectivity index (χ1) is 40.0. The number of hydrogen-bond donors (Lipinski definition) is 0. The van der Waals surface area contributed by atoms with Crippen molar-refractivity contribution in [2.45, 2.75) is 200 Å². The molecule has 10 heteroatoms. The highest BCUT2D eigenvalue weighted by Gasteiger charge is 2.21. The summed E-state index contributed by atoms with van der Waals surface area (Å²) in [6, 6.07) is 0. The second kappa shape index (κ2) is 60.4. The third kappa shape index (κ3) is 64.0. The Hall–Kier alpha value is -5.15. The number of phosphoric ester groups is 1. The fourth-order valence-corrected chi connectivity index (χ4v) is 8.12. The summed E-state index contributed by atoms with van der Waals surface area (Å²) in [6.07, 6.45) is 94.9. The molecule has 0 fully saturated rings. The standard InChI is InChI=1S/C72H112NO8P/c1-6-8-10-12-14-16-18-20-22-24-26-28-29-30-31-32-33-34-35-36-37-38-39-40-41-42-43-45-47-49-51-53-55-57-59-61-63-65-72(75)81-70(69-80-82(76,77)79-67-66-73(3,4)5)68-78-71(74)64-62-60-58-56-54-52-50-48-46-44-27-25-23-21-19-17-15-13-11-9-7-2/h8-11,14-17,20-23,26-28,30-31,33-34,36-37,39-40,42-44,47-50,54,56,70H,6-7,12-13,18-19,24-25,29,32,35,38,41,45-46,51-53,55,57-69H2,1-5H3/b10-8-,11-9-,16-14-,17-15-,22-20-,23-21-,28-26-,31-30-,34-33-,37-36-,40-39-,43-42-,44-27-,49-47-,50-48-,56-54-. The highest BCUT2D eigenvalue weighted by molar-refractivity contribution is 7.45. The van der Waals surface area contributed by atoms with Gasteiger partial charge in [-0.25, -0.2) is 0 Å². The number of esters is 2. The Morgan fingerprint density at radius 2 is 0.659 bits per heavy atom. The van der Waals surface area contributed by atoms with Crippen molar-refractivity contribution < 1.29 is 42.1 Å². The van der Waals surface area contributed by atoms with E-state index in [-0.39, 0.29) is 26.1 Å². The van der Waals surface area contributed by atoms with Crippen molar-refractivity contribution in [3.8, 4) is 0 Å². The van der Waals surface area contributed by atoms with E-state index >= 15 is 0 Å². The lowest BCUT2D eigenvalue weighted by molar-refractivity contribution is -0.870. The van der Waals surface area contributed by atoms with E-state index < -0.39 is 32.5 Å². The molecule has 2 atom stereocenters. The fraction of sp³-hybridized carbons (Fsp3) is 0.528. The highest BCUT2D eigenvalue weighted by atomic mass is 31.2. The van der Waals surface area contributed by atoms with Crippen LogP contribution in [-0.2, 0) is 32.7 Å². The number of hydrogen-bond acceptors (Lipinski definition) is 8. The zero-order chi connectivity index (χ0) is 59.8. The molecule has 0 aromatic rings. The summed E-state index contributed by atoms with van der Waals surface area (Å²) in [6.45, 7) is 3.90. The summed E-state index contributed by atoms with van der Waals surface area (Å²) >= 11 is 0. The Balaban J connectivity index is 4.28. The van der Waals surface area contributed by atoms with Gasteiger partial charge in [0.2, 0.25) is 0 Å². The molecular weight excluding hydrogens is 1040 g/mol. The molecule has 0 radical (unpaired) electrons. The predicted molar refractivity (Wildman–Crippen MR) is 350 cm³/mol. The Bertz CT molecular complexity index is 2080. The van der Waals surface area contributed by atoms with Gasteiger partial charge in [-0.2, -0.15) is 0 Å². The van der Waals surface area contributed by atoms with E-state index in [9.17, 15) is 19.0 Å². The second-order valence-corrected chi connectivity index (χ2v) is 22.4. The molecule has 0 rings (SSSR count). The van der Waals surface area contributed by atoms with Crippen LogP contribution in [0.2, 0.25) is 0 Å². The normalized spacial score (nSPS) is 14.6. The molecule has 0 aromatic carbocycles. The number of nitrogens with zero attached hydrogens (tertiary/aromatic N) is 1. The van der Waals surface area contributed by atoms with Crippen LogP contribution in [0, 0.1) is 0 Å². The quantitative estimate of drug-likeness (QED) is 0.0195. The number of ether oxygens (including phenoxy) is 2. The molecule has 82 heavy (non-hydrogen) atoms. The average molecular weight is 1150 g/mol. The van der Waals surface area contributed by atoms with Gasteiger partial charge in [0.1, 0.15) is 19.8 Å². The van der Waals surface area contributed by atoms with Crippen molar-refractivity contribution in [1.82, 2.24) is 0 Å². The molecule has 0 aliphatic heterocycles. The van der Waals surface area contributed by atoms with E-state index in [1.54, 1.807) is 0 Å². The first-order valence-corrected chi connectivity index (χ1v) is 32.6. The van der Waals surface area contributed by atoms with Crippen molar-refractivity contribution in [2.75, 3.05) is 47.5 Å². The van der Waals surface area contributed by atoms with Gasteiger partial charge in [-0.1, -0.05) is 234 Å². The van der Waals surface area contributed by atoms with Gasteiger partial charge in [0.25, 0.3) is 7.82 Å². The second-order valence-electron chi connectivity index (χ2n) is 20.9. The first-order valence-electron chi connectivity index (χ1n) is 31.1. The molecule has 458 valence electrons. The third-order valence-electron chi connectivity index (χ3n) is 12.1. The van der Waals surface area contributed by atoms with Gasteiger partial charge in [0, 0.05) is 12.8 Å². The lowest BCUT2D eigenvalue weighted by Gasteiger charge is -2.28. The van der Waals surface area contributed by atoms with Crippen LogP contribution in [0.5, 0.6) is 0 Å². The molecule has 0 aromatic heterocycles. The van der Waals surface area contributed by atoms with Crippen molar-refractivity contribution in [3.63, 3.8) is 0 Å². The van der Waals surface area contributed by atoms with E-state index in [2.05, 4.69) is 208 Å². The minimum Gasteiger partial charge on any atom is -0.756 e. The Kier molecular flexibility index (Phi) is 56.6. The van der Waals surface area contributed by atoms with Crippen LogP contribution in [-0.4, -0.2) is 70.0 Å². The molecule has 0 spiro atoms. The third-order valence-corrected chi connectivity index (χ3v) is 13.1. The van der Waals surface area contributed by atoms with Gasteiger partial charge in [-0.15, -0.1) is 0 Å². The smallest absolute Gasteiger partial charge is 0.306 e. The molecule has 0 saturated carbocycles. The van der Waals surface area contributed by atoms with Gasteiger partial charge >= 0.3 is 11.9 Å². The van der Waals surface area contributed by atoms with Gasteiger partial charge < -0.3 is 27.9 Å². The van der Waals surface area contributed by atoms with Crippen LogP contribution in [0.3, 0.4) is 0 Å². The Morgan fingerprint density at radius 3 is 1.00 bits per heavy atom. The van der Waals surface area contributed by atoms with Gasteiger partial charge in [0.15, 0.2) is 6.10 Å². The van der Waals surface area contributed by atoms with E-state index in [1.807, 2.05) is 21.1 Å². The van der Waals surface area contributed by atoms with Gasteiger partial charge in [-0.3, -0.25) is 14.2 Å². The fourth-order valence-electron chi connectivity index (χ4n) is 7.39. The monoisotopic (exact) mass is 1150 g/mol. The van der Waals surface area contributed by atoms with Crippen molar-refractivity contribution in [3.05, 3.63) is 194 Å². The summed E-state index contributed by atoms with van der Waals surface area (Å²) in [5.74, 6) is -0.920. The lowest BCUT2D eigenvalue weighted by Crippen LogP contribution is -2.37. The van der Waals surface area contributed by atoms with Crippen LogP contribution >= 0.6 is 7.82 Å². The number of phosphoric acid groups is 1. The van der Waals surface area contributed by atoms with Crippen molar-refractivity contribution in [2.24, 2.45) is 0 Å². The van der Waals surface area contributed by atoms with Crippen LogP contribution < -0.4 is 4.89 Å². The number of carbonyl (C=O) groups excluding carboxylic acids is 2. The van der Waals surface area contributed by atoms with Crippen LogP contribution in [0.25, 0.3) is 0 Å². The van der Waals surface area contributed by atoms with Crippen molar-refractivity contribution >= 4 is 19.8 Å². The first kappa shape index (κ1) is 76.9. The Labute approximate surface area is 501 Å². The van der Waals surface area contributed by atoms with Crippen LogP contribution in [0.15, 0.2) is 194 Å². The number of likely N-dealkylation sites (N-methyl/N-ethyl adjacent to an activating group) is 1. The number of carbonyl (C=O) groups is 2. The molecule has 2 unspecified atom stereocenters.